The molecule has 2 N–H and O–H groups in total. The normalized spacial score (nSPS) is 10.8. The number of carbonyl (C=O) groups is 1. The first kappa shape index (κ1) is 15.9. The second-order valence-corrected chi connectivity index (χ2v) is 5.85. The molecule has 130 valence electrons. The van der Waals surface area contributed by atoms with Crippen LogP contribution in [0.4, 0.5) is 5.69 Å². The van der Waals surface area contributed by atoms with Crippen LogP contribution in [0, 0.1) is 0 Å². The number of anilines is 1. The molecule has 0 saturated carbocycles. The minimum Gasteiger partial charge on any atom is -0.497 e. The van der Waals surface area contributed by atoms with Crippen LogP contribution in [0.2, 0.25) is 0 Å². The fourth-order valence-electron chi connectivity index (χ4n) is 2.80. The van der Waals surface area contributed by atoms with Gasteiger partial charge in [-0.1, -0.05) is 30.3 Å². The predicted molar refractivity (Wildman–Crippen MR) is 98.4 cm³/mol. The molecule has 0 saturated heterocycles. The highest BCUT2D eigenvalue weighted by molar-refractivity contribution is 6.10. The van der Waals surface area contributed by atoms with Crippen LogP contribution >= 0.6 is 0 Å². The van der Waals surface area contributed by atoms with Gasteiger partial charge in [0.15, 0.2) is 5.69 Å². The highest BCUT2D eigenvalue weighted by Crippen LogP contribution is 2.18. The van der Waals surface area contributed by atoms with Crippen molar-refractivity contribution in [1.29, 1.82) is 0 Å². The zero-order valence-electron chi connectivity index (χ0n) is 14.1. The summed E-state index contributed by atoms with van der Waals surface area (Å²) in [4.78, 5) is 12.5. The highest BCUT2D eigenvalue weighted by atomic mass is 16.5. The maximum absolute atomic E-state index is 12.5. The molecule has 2 aromatic carbocycles. The van der Waals surface area contributed by atoms with Gasteiger partial charge in [-0.3, -0.25) is 14.6 Å². The number of para-hydroxylation sites is 1. The van der Waals surface area contributed by atoms with Crippen LogP contribution in [0.15, 0.2) is 60.9 Å². The van der Waals surface area contributed by atoms with Crippen molar-refractivity contribution in [2.75, 3.05) is 12.4 Å². The molecular formula is C19H17N5O2. The summed E-state index contributed by atoms with van der Waals surface area (Å²) < 4.78 is 6.99. The van der Waals surface area contributed by atoms with Crippen molar-refractivity contribution in [2.45, 2.75) is 6.54 Å². The topological polar surface area (TPSA) is 84.8 Å². The summed E-state index contributed by atoms with van der Waals surface area (Å²) in [5.41, 5.74) is 2.86. The van der Waals surface area contributed by atoms with Crippen molar-refractivity contribution in [3.05, 3.63) is 72.2 Å². The van der Waals surface area contributed by atoms with Crippen molar-refractivity contribution in [3.63, 3.8) is 0 Å². The van der Waals surface area contributed by atoms with E-state index < -0.39 is 0 Å². The lowest BCUT2D eigenvalue weighted by Gasteiger charge is -2.04. The Bertz CT molecular complexity index is 1070. The van der Waals surface area contributed by atoms with Crippen molar-refractivity contribution in [1.82, 2.24) is 20.0 Å². The third-order valence-corrected chi connectivity index (χ3v) is 4.06. The van der Waals surface area contributed by atoms with Gasteiger partial charge < -0.3 is 10.1 Å². The van der Waals surface area contributed by atoms with Gasteiger partial charge in [-0.2, -0.15) is 10.2 Å². The van der Waals surface area contributed by atoms with Gasteiger partial charge in [0.2, 0.25) is 0 Å². The minimum atomic E-state index is -0.275. The number of hydrogen-bond donors (Lipinski definition) is 2. The Morgan fingerprint density at radius 1 is 1.23 bits per heavy atom. The first-order valence-electron chi connectivity index (χ1n) is 8.13. The van der Waals surface area contributed by atoms with Gasteiger partial charge in [0.25, 0.3) is 5.91 Å². The number of fused-ring (bicyclic) bond motifs is 1. The van der Waals surface area contributed by atoms with Gasteiger partial charge >= 0.3 is 0 Å². The maximum Gasteiger partial charge on any atom is 0.276 e. The highest BCUT2D eigenvalue weighted by Gasteiger charge is 2.14. The van der Waals surface area contributed by atoms with Gasteiger partial charge in [-0.15, -0.1) is 0 Å². The SMILES string of the molecule is COc1cccc(Cn2cc(NC(=O)c3n[nH]c4ccccc34)cn2)c1. The number of carbonyl (C=O) groups excluding carboxylic acids is 1. The molecule has 2 aromatic heterocycles. The zero-order valence-corrected chi connectivity index (χ0v) is 14.1. The third-order valence-electron chi connectivity index (χ3n) is 4.06. The number of H-pyrrole nitrogens is 1. The first-order chi connectivity index (χ1) is 12.7. The molecule has 0 fully saturated rings. The quantitative estimate of drug-likeness (QED) is 0.581. The molecule has 4 aromatic rings. The van der Waals surface area contributed by atoms with Crippen molar-refractivity contribution < 1.29 is 9.53 Å². The summed E-state index contributed by atoms with van der Waals surface area (Å²) in [7, 11) is 1.64. The number of nitrogens with zero attached hydrogens (tertiary/aromatic N) is 3. The average Bonchev–Trinajstić information content (AvgIpc) is 3.28. The lowest BCUT2D eigenvalue weighted by atomic mass is 10.2. The molecule has 4 rings (SSSR count). The Labute approximate surface area is 149 Å². The third kappa shape index (κ3) is 3.14. The van der Waals surface area contributed by atoms with Gasteiger partial charge in [-0.25, -0.2) is 0 Å². The summed E-state index contributed by atoms with van der Waals surface area (Å²) in [6.45, 7) is 0.582. The van der Waals surface area contributed by atoms with E-state index in [0.717, 1.165) is 22.2 Å². The maximum atomic E-state index is 12.5. The van der Waals surface area contributed by atoms with Crippen LogP contribution in [0.25, 0.3) is 10.9 Å². The van der Waals surface area contributed by atoms with Gasteiger partial charge in [0.1, 0.15) is 5.75 Å². The van der Waals surface area contributed by atoms with Crippen LogP contribution in [0.5, 0.6) is 5.75 Å². The predicted octanol–water partition coefficient (Wildman–Crippen LogP) is 3.07. The molecule has 0 radical (unpaired) electrons. The lowest BCUT2D eigenvalue weighted by Crippen LogP contribution is -2.12. The van der Waals surface area contributed by atoms with Crippen LogP contribution in [0.1, 0.15) is 16.1 Å². The van der Waals surface area contributed by atoms with E-state index in [2.05, 4.69) is 20.6 Å². The molecule has 26 heavy (non-hydrogen) atoms. The van der Waals surface area contributed by atoms with E-state index >= 15 is 0 Å². The monoisotopic (exact) mass is 347 g/mol. The summed E-state index contributed by atoms with van der Waals surface area (Å²) >= 11 is 0. The molecule has 0 bridgehead atoms. The van der Waals surface area contributed by atoms with Gasteiger partial charge in [0.05, 0.1) is 31.1 Å². The number of ether oxygens (including phenoxy) is 1. The van der Waals surface area contributed by atoms with Crippen LogP contribution in [-0.4, -0.2) is 33.0 Å². The van der Waals surface area contributed by atoms with E-state index in [4.69, 9.17) is 4.74 Å². The number of hydrogen-bond acceptors (Lipinski definition) is 4. The molecule has 2 heterocycles. The summed E-state index contributed by atoms with van der Waals surface area (Å²) in [6.07, 6.45) is 3.40. The van der Waals surface area contributed by atoms with Gasteiger partial charge in [-0.05, 0) is 23.8 Å². The van der Waals surface area contributed by atoms with Crippen LogP contribution in [-0.2, 0) is 6.54 Å². The number of amides is 1. The molecule has 0 aliphatic heterocycles. The molecular weight excluding hydrogens is 330 g/mol. The van der Waals surface area contributed by atoms with E-state index in [1.54, 1.807) is 24.2 Å². The lowest BCUT2D eigenvalue weighted by molar-refractivity contribution is 0.102. The Morgan fingerprint density at radius 3 is 3.00 bits per heavy atom. The molecule has 0 atom stereocenters. The van der Waals surface area contributed by atoms with Crippen LogP contribution < -0.4 is 10.1 Å². The van der Waals surface area contributed by atoms with E-state index in [1.165, 1.54) is 0 Å². The molecule has 0 unspecified atom stereocenters. The standard InChI is InChI=1S/C19H17N5O2/c1-26-15-6-4-5-13(9-15)11-24-12-14(10-20-24)21-19(25)18-16-7-2-3-8-17(16)22-23-18/h2-10,12H,11H2,1H3,(H,21,25)(H,22,23). The summed E-state index contributed by atoms with van der Waals surface area (Å²) in [5.74, 6) is 0.525. The second-order valence-electron chi connectivity index (χ2n) is 5.85. The van der Waals surface area contributed by atoms with Gasteiger partial charge in [0, 0.05) is 11.6 Å². The number of benzene rings is 2. The Morgan fingerprint density at radius 2 is 2.12 bits per heavy atom. The fourth-order valence-corrected chi connectivity index (χ4v) is 2.80. The Kier molecular flexibility index (Phi) is 4.10. The molecule has 0 spiro atoms. The second kappa shape index (κ2) is 6.72. The van der Waals surface area contributed by atoms with E-state index in [9.17, 15) is 4.79 Å². The molecule has 1 amide bonds. The average molecular weight is 347 g/mol. The minimum absolute atomic E-state index is 0.275. The molecule has 7 nitrogen and oxygen atoms in total. The van der Waals surface area contributed by atoms with Crippen molar-refractivity contribution in [2.24, 2.45) is 0 Å². The van der Waals surface area contributed by atoms with E-state index in [0.29, 0.717) is 17.9 Å². The molecule has 7 heteroatoms. The smallest absolute Gasteiger partial charge is 0.276 e. The largest absolute Gasteiger partial charge is 0.497 e. The number of methoxy groups -OCH3 is 1. The number of aromatic amines is 1. The fraction of sp³-hybridized carbons (Fsp3) is 0.105. The number of rotatable bonds is 5. The molecule has 0 aliphatic carbocycles. The molecule has 0 aliphatic rings. The number of nitrogens with one attached hydrogen (secondary N) is 2. The summed E-state index contributed by atoms with van der Waals surface area (Å²) in [5, 5.41) is 14.9. The van der Waals surface area contributed by atoms with E-state index in [-0.39, 0.29) is 5.91 Å². The Hall–Kier alpha value is -3.61. The summed E-state index contributed by atoms with van der Waals surface area (Å²) in [6, 6.07) is 15.3. The van der Waals surface area contributed by atoms with Crippen LogP contribution in [0.3, 0.4) is 0 Å². The Balaban J connectivity index is 1.48. The van der Waals surface area contributed by atoms with E-state index in [1.807, 2.05) is 48.5 Å². The zero-order chi connectivity index (χ0) is 17.9. The first-order valence-corrected chi connectivity index (χ1v) is 8.13. The number of aromatic nitrogens is 4. The van der Waals surface area contributed by atoms with Crippen molar-refractivity contribution >= 4 is 22.5 Å². The van der Waals surface area contributed by atoms with Crippen molar-refractivity contribution in [3.8, 4) is 5.75 Å².